The molecule has 0 spiro atoms. The van der Waals surface area contributed by atoms with E-state index in [1.807, 2.05) is 0 Å². The van der Waals surface area contributed by atoms with Crippen LogP contribution in [-0.2, 0) is 15.8 Å². The molecule has 5 nitrogen and oxygen atoms in total. The van der Waals surface area contributed by atoms with Gasteiger partial charge in [0.2, 0.25) is 5.91 Å². The lowest BCUT2D eigenvalue weighted by Gasteiger charge is -2.35. The van der Waals surface area contributed by atoms with Crippen LogP contribution in [0, 0.1) is 0 Å². The number of likely N-dealkylation sites (tertiary alicyclic amines) is 1. The molecule has 1 fully saturated rings. The average molecular weight is 359 g/mol. The van der Waals surface area contributed by atoms with Gasteiger partial charge in [-0.05, 0) is 17.5 Å². The monoisotopic (exact) mass is 359 g/mol. The number of carboxylic acids is 1. The summed E-state index contributed by atoms with van der Waals surface area (Å²) < 4.78 is 38.3. The molecule has 8 heteroatoms. The van der Waals surface area contributed by atoms with Gasteiger partial charge in [-0.25, -0.2) is 4.79 Å². The number of aliphatic hydroxyl groups is 1. The number of aliphatic carboxylic acids is 1. The van der Waals surface area contributed by atoms with Gasteiger partial charge >= 0.3 is 12.1 Å². The lowest BCUT2D eigenvalue weighted by molar-refractivity contribution is -0.165. The van der Waals surface area contributed by atoms with Gasteiger partial charge < -0.3 is 15.1 Å². The van der Waals surface area contributed by atoms with Crippen LogP contribution in [0.25, 0.3) is 0 Å². The number of hydrogen-bond acceptors (Lipinski definition) is 3. The first kappa shape index (κ1) is 19.2. The molecule has 1 unspecified atom stereocenters. The largest absolute Gasteiger partial charge is 0.479 e. The summed E-state index contributed by atoms with van der Waals surface area (Å²) in [6, 6.07) is 4.88. The zero-order valence-electron chi connectivity index (χ0n) is 13.7. The summed E-state index contributed by atoms with van der Waals surface area (Å²) in [7, 11) is 0. The molecule has 2 rings (SSSR count). The first-order valence-corrected chi connectivity index (χ1v) is 7.93. The van der Waals surface area contributed by atoms with Gasteiger partial charge in [-0.15, -0.1) is 0 Å². The Bertz CT molecular complexity index is 652. The summed E-state index contributed by atoms with van der Waals surface area (Å²) in [5, 5.41) is 18.8. The smallest absolute Gasteiger partial charge is 0.416 e. The summed E-state index contributed by atoms with van der Waals surface area (Å²) in [5.74, 6) is -1.98. The highest BCUT2D eigenvalue weighted by Crippen LogP contribution is 2.32. The molecular weight excluding hydrogens is 339 g/mol. The molecule has 25 heavy (non-hydrogen) atoms. The van der Waals surface area contributed by atoms with Crippen molar-refractivity contribution in [3.8, 4) is 0 Å². The van der Waals surface area contributed by atoms with Crippen molar-refractivity contribution in [3.63, 3.8) is 0 Å². The first-order valence-electron chi connectivity index (χ1n) is 7.93. The van der Waals surface area contributed by atoms with Gasteiger partial charge in [-0.1, -0.05) is 25.1 Å². The number of carbonyl (C=O) groups excluding carboxylic acids is 1. The van der Waals surface area contributed by atoms with Crippen molar-refractivity contribution in [2.45, 2.75) is 43.9 Å². The van der Waals surface area contributed by atoms with Gasteiger partial charge in [0.05, 0.1) is 5.56 Å². The standard InChI is InChI=1S/C17H20F3NO4/c1-11(12-3-2-4-13(10-12)17(18,19)20)9-14(22)21-7-5-16(25,6-8-21)15(23)24/h2-4,10-11,25H,5-9H2,1H3,(H,23,24). The molecule has 0 bridgehead atoms. The van der Waals surface area contributed by atoms with Crippen molar-refractivity contribution in [1.29, 1.82) is 0 Å². The van der Waals surface area contributed by atoms with Crippen molar-refractivity contribution in [3.05, 3.63) is 35.4 Å². The van der Waals surface area contributed by atoms with Gasteiger partial charge in [0.15, 0.2) is 5.60 Å². The van der Waals surface area contributed by atoms with E-state index in [9.17, 15) is 27.9 Å². The molecule has 1 aliphatic rings. The number of alkyl halides is 3. The minimum atomic E-state index is -4.44. The highest BCUT2D eigenvalue weighted by Gasteiger charge is 2.40. The van der Waals surface area contributed by atoms with Gasteiger partial charge in [0.25, 0.3) is 0 Å². The van der Waals surface area contributed by atoms with E-state index >= 15 is 0 Å². The lowest BCUT2D eigenvalue weighted by atomic mass is 9.90. The summed E-state index contributed by atoms with van der Waals surface area (Å²) in [4.78, 5) is 24.7. The van der Waals surface area contributed by atoms with E-state index in [1.165, 1.54) is 11.0 Å². The summed E-state index contributed by atoms with van der Waals surface area (Å²) in [5.41, 5.74) is -2.15. The van der Waals surface area contributed by atoms with Gasteiger partial charge in [-0.3, -0.25) is 4.79 Å². The molecule has 1 heterocycles. The third-order valence-corrected chi connectivity index (χ3v) is 4.61. The lowest BCUT2D eigenvalue weighted by Crippen LogP contribution is -2.50. The van der Waals surface area contributed by atoms with Crippen molar-refractivity contribution < 1.29 is 33.0 Å². The maximum atomic E-state index is 12.8. The third kappa shape index (κ3) is 4.50. The maximum Gasteiger partial charge on any atom is 0.416 e. The Labute approximate surface area is 143 Å². The summed E-state index contributed by atoms with van der Waals surface area (Å²) in [6.07, 6.45) is -4.54. The third-order valence-electron chi connectivity index (χ3n) is 4.61. The average Bonchev–Trinajstić information content (AvgIpc) is 2.54. The number of rotatable bonds is 4. The first-order chi connectivity index (χ1) is 11.5. The van der Waals surface area contributed by atoms with Crippen molar-refractivity contribution in [1.82, 2.24) is 4.90 Å². The van der Waals surface area contributed by atoms with E-state index in [4.69, 9.17) is 5.11 Å². The van der Waals surface area contributed by atoms with Crippen LogP contribution in [-0.4, -0.2) is 45.7 Å². The quantitative estimate of drug-likeness (QED) is 0.866. The molecule has 1 aromatic carbocycles. The van der Waals surface area contributed by atoms with Gasteiger partial charge in [0, 0.05) is 32.4 Å². The molecule has 2 N–H and O–H groups in total. The van der Waals surface area contributed by atoms with Crippen LogP contribution in [0.15, 0.2) is 24.3 Å². The second-order valence-electron chi connectivity index (χ2n) is 6.45. The van der Waals surface area contributed by atoms with Crippen molar-refractivity contribution in [2.75, 3.05) is 13.1 Å². The molecule has 138 valence electrons. The van der Waals surface area contributed by atoms with Gasteiger partial charge in [-0.2, -0.15) is 13.2 Å². The second kappa shape index (κ2) is 7.03. The molecular formula is C17H20F3NO4. The number of amides is 1. The van der Waals surface area contributed by atoms with E-state index in [-0.39, 0.29) is 38.3 Å². The Morgan fingerprint density at radius 3 is 2.40 bits per heavy atom. The minimum Gasteiger partial charge on any atom is -0.479 e. The van der Waals surface area contributed by atoms with Crippen molar-refractivity contribution >= 4 is 11.9 Å². The number of hydrogen-bond donors (Lipinski definition) is 2. The van der Waals surface area contributed by atoms with Crippen LogP contribution >= 0.6 is 0 Å². The van der Waals surface area contributed by atoms with Crippen LogP contribution in [0.3, 0.4) is 0 Å². The normalized spacial score (nSPS) is 18.7. The number of carboxylic acid groups (broad SMARTS) is 1. The highest BCUT2D eigenvalue weighted by atomic mass is 19.4. The Hall–Kier alpha value is -2.09. The molecule has 1 aromatic rings. The second-order valence-corrected chi connectivity index (χ2v) is 6.45. The van der Waals surface area contributed by atoms with Gasteiger partial charge in [0.1, 0.15) is 0 Å². The number of carbonyl (C=O) groups is 2. The fourth-order valence-corrected chi connectivity index (χ4v) is 2.87. The minimum absolute atomic E-state index is 0.0206. The Morgan fingerprint density at radius 1 is 1.28 bits per heavy atom. The molecule has 0 radical (unpaired) electrons. The summed E-state index contributed by atoms with van der Waals surface area (Å²) in [6.45, 7) is 1.89. The molecule has 1 atom stereocenters. The number of nitrogens with zero attached hydrogens (tertiary/aromatic N) is 1. The number of halogens is 3. The fourth-order valence-electron chi connectivity index (χ4n) is 2.87. The molecule has 0 saturated carbocycles. The molecule has 1 amide bonds. The van der Waals surface area contributed by atoms with E-state index in [1.54, 1.807) is 13.0 Å². The Balaban J connectivity index is 1.98. The molecule has 0 aliphatic carbocycles. The SMILES string of the molecule is CC(CC(=O)N1CCC(O)(C(=O)O)CC1)c1cccc(C(F)(F)F)c1. The molecule has 0 aromatic heterocycles. The zero-order valence-corrected chi connectivity index (χ0v) is 13.7. The Kier molecular flexibility index (Phi) is 5.41. The van der Waals surface area contributed by atoms with Crippen LogP contribution < -0.4 is 0 Å². The van der Waals surface area contributed by atoms with E-state index in [2.05, 4.69) is 0 Å². The molecule has 1 saturated heterocycles. The highest BCUT2D eigenvalue weighted by molar-refractivity contribution is 5.80. The van der Waals surface area contributed by atoms with E-state index in [0.717, 1.165) is 12.1 Å². The van der Waals surface area contributed by atoms with Crippen LogP contribution in [0.2, 0.25) is 0 Å². The number of benzene rings is 1. The number of piperidine rings is 1. The topological polar surface area (TPSA) is 77.8 Å². The predicted octanol–water partition coefficient (Wildman–Crippen LogP) is 2.64. The Morgan fingerprint density at radius 2 is 1.88 bits per heavy atom. The van der Waals surface area contributed by atoms with Crippen LogP contribution in [0.4, 0.5) is 13.2 Å². The maximum absolute atomic E-state index is 12.8. The zero-order chi connectivity index (χ0) is 18.8. The van der Waals surface area contributed by atoms with Crippen LogP contribution in [0.5, 0.6) is 0 Å². The van der Waals surface area contributed by atoms with Crippen molar-refractivity contribution in [2.24, 2.45) is 0 Å². The summed E-state index contributed by atoms with van der Waals surface area (Å²) >= 11 is 0. The predicted molar refractivity (Wildman–Crippen MR) is 82.9 cm³/mol. The van der Waals surface area contributed by atoms with Crippen LogP contribution in [0.1, 0.15) is 43.2 Å². The fraction of sp³-hybridized carbons (Fsp3) is 0.529. The van der Waals surface area contributed by atoms with E-state index in [0.29, 0.717) is 5.56 Å². The van der Waals surface area contributed by atoms with E-state index < -0.39 is 29.2 Å². The molecule has 1 aliphatic heterocycles.